The highest BCUT2D eigenvalue weighted by Crippen LogP contribution is 2.05. The molecular formula is C10H16N2. The fraction of sp³-hybridized carbons (Fsp3) is 0.300. The van der Waals surface area contributed by atoms with Gasteiger partial charge < -0.3 is 11.1 Å². The van der Waals surface area contributed by atoms with Crippen LogP contribution in [-0.2, 0) is 0 Å². The van der Waals surface area contributed by atoms with Crippen molar-refractivity contribution in [3.8, 4) is 0 Å². The van der Waals surface area contributed by atoms with E-state index in [1.807, 2.05) is 38.2 Å². The van der Waals surface area contributed by atoms with Crippen molar-refractivity contribution in [3.63, 3.8) is 0 Å². The van der Waals surface area contributed by atoms with Crippen LogP contribution in [0, 0.1) is 5.41 Å². The van der Waals surface area contributed by atoms with Crippen molar-refractivity contribution in [2.45, 2.75) is 20.3 Å². The molecule has 0 aromatic carbocycles. The molecule has 0 aromatic rings. The van der Waals surface area contributed by atoms with Gasteiger partial charge in [-0.25, -0.2) is 0 Å². The van der Waals surface area contributed by atoms with Crippen molar-refractivity contribution < 1.29 is 0 Å². The highest BCUT2D eigenvalue weighted by atomic mass is 14.6. The Morgan fingerprint density at radius 3 is 2.50 bits per heavy atom. The zero-order valence-electron chi connectivity index (χ0n) is 7.67. The number of rotatable bonds is 1. The molecule has 1 rings (SSSR count). The lowest BCUT2D eigenvalue weighted by molar-refractivity contribution is 1.37. The molecule has 66 valence electrons. The van der Waals surface area contributed by atoms with E-state index in [1.54, 1.807) is 0 Å². The minimum Gasteiger partial charge on any atom is -0.398 e. The zero-order chi connectivity index (χ0) is 9.40. The second-order valence-corrected chi connectivity index (χ2v) is 2.10. The van der Waals surface area contributed by atoms with Crippen LogP contribution in [-0.4, -0.2) is 6.21 Å². The van der Waals surface area contributed by atoms with Crippen molar-refractivity contribution in [2.75, 3.05) is 0 Å². The van der Waals surface area contributed by atoms with Gasteiger partial charge in [0.25, 0.3) is 0 Å². The second kappa shape index (κ2) is 6.40. The number of nitrogens with two attached hydrogens (primary N) is 1. The predicted molar refractivity (Wildman–Crippen MR) is 54.2 cm³/mol. The molecule has 0 aliphatic heterocycles. The van der Waals surface area contributed by atoms with E-state index >= 15 is 0 Å². The molecule has 2 heteroatoms. The van der Waals surface area contributed by atoms with Gasteiger partial charge in [0, 0.05) is 17.5 Å². The van der Waals surface area contributed by atoms with Gasteiger partial charge in [-0.15, -0.1) is 0 Å². The lowest BCUT2D eigenvalue weighted by Gasteiger charge is -1.93. The zero-order valence-corrected chi connectivity index (χ0v) is 7.67. The van der Waals surface area contributed by atoms with E-state index < -0.39 is 0 Å². The SMILES string of the molecule is CC.N=CC1=C(N)C=CCC=C1. The summed E-state index contributed by atoms with van der Waals surface area (Å²) in [5.74, 6) is 0. The van der Waals surface area contributed by atoms with Crippen molar-refractivity contribution in [2.24, 2.45) is 5.73 Å². The smallest absolute Gasteiger partial charge is 0.0399 e. The topological polar surface area (TPSA) is 49.9 Å². The molecule has 3 N–H and O–H groups in total. The molecule has 0 saturated carbocycles. The predicted octanol–water partition coefficient (Wildman–Crippen LogP) is 2.39. The summed E-state index contributed by atoms with van der Waals surface area (Å²) in [4.78, 5) is 0. The monoisotopic (exact) mass is 164 g/mol. The average molecular weight is 164 g/mol. The van der Waals surface area contributed by atoms with E-state index in [2.05, 4.69) is 0 Å². The van der Waals surface area contributed by atoms with Gasteiger partial charge in [0.15, 0.2) is 0 Å². The Labute approximate surface area is 74.0 Å². The Balaban J connectivity index is 0.000000561. The van der Waals surface area contributed by atoms with E-state index in [0.29, 0.717) is 5.70 Å². The molecule has 0 fully saturated rings. The molecule has 12 heavy (non-hydrogen) atoms. The third kappa shape index (κ3) is 3.19. The molecule has 0 spiro atoms. The molecule has 0 radical (unpaired) electrons. The molecule has 0 aromatic heterocycles. The van der Waals surface area contributed by atoms with Crippen LogP contribution in [0.1, 0.15) is 20.3 Å². The van der Waals surface area contributed by atoms with Gasteiger partial charge in [-0.2, -0.15) is 0 Å². The first kappa shape index (κ1) is 10.7. The number of hydrogen-bond acceptors (Lipinski definition) is 2. The fourth-order valence-electron chi connectivity index (χ4n) is 0.792. The summed E-state index contributed by atoms with van der Waals surface area (Å²) in [7, 11) is 0. The third-order valence-electron chi connectivity index (χ3n) is 1.36. The minimum absolute atomic E-state index is 0.670. The van der Waals surface area contributed by atoms with Gasteiger partial charge >= 0.3 is 0 Å². The standard InChI is InChI=1S/C8H10N2.C2H6/c9-6-7-4-2-1-3-5-8(7)10;1-2/h2-6,9H,1,10H2;1-2H3. The normalized spacial score (nSPS) is 14.8. The van der Waals surface area contributed by atoms with Crippen LogP contribution >= 0.6 is 0 Å². The Bertz CT molecular complexity index is 222. The highest BCUT2D eigenvalue weighted by molar-refractivity contribution is 5.81. The van der Waals surface area contributed by atoms with Crippen molar-refractivity contribution >= 4 is 6.21 Å². The molecule has 0 heterocycles. The second-order valence-electron chi connectivity index (χ2n) is 2.10. The number of allylic oxidation sites excluding steroid dienone is 5. The molecule has 0 atom stereocenters. The lowest BCUT2D eigenvalue weighted by Crippen LogP contribution is -1.97. The van der Waals surface area contributed by atoms with Crippen LogP contribution < -0.4 is 5.73 Å². The summed E-state index contributed by atoms with van der Waals surface area (Å²) < 4.78 is 0. The van der Waals surface area contributed by atoms with Crippen LogP contribution in [0.3, 0.4) is 0 Å². The molecule has 0 bridgehead atoms. The van der Waals surface area contributed by atoms with Gasteiger partial charge in [-0.3, -0.25) is 0 Å². The summed E-state index contributed by atoms with van der Waals surface area (Å²) in [6.45, 7) is 4.00. The van der Waals surface area contributed by atoms with E-state index in [1.165, 1.54) is 6.21 Å². The summed E-state index contributed by atoms with van der Waals surface area (Å²) in [6.07, 6.45) is 9.82. The molecular weight excluding hydrogens is 148 g/mol. The Morgan fingerprint density at radius 1 is 1.33 bits per heavy atom. The van der Waals surface area contributed by atoms with E-state index in [9.17, 15) is 0 Å². The van der Waals surface area contributed by atoms with Crippen molar-refractivity contribution in [1.29, 1.82) is 5.41 Å². The molecule has 0 unspecified atom stereocenters. The number of hydrogen-bond donors (Lipinski definition) is 2. The Kier molecular flexibility index (Phi) is 5.70. The van der Waals surface area contributed by atoms with Gasteiger partial charge in [0.2, 0.25) is 0 Å². The summed E-state index contributed by atoms with van der Waals surface area (Å²) in [6, 6.07) is 0. The summed E-state index contributed by atoms with van der Waals surface area (Å²) in [5.41, 5.74) is 7.04. The average Bonchev–Trinajstić information content (AvgIpc) is 2.33. The molecule has 1 aliphatic rings. The fourth-order valence-corrected chi connectivity index (χ4v) is 0.792. The maximum atomic E-state index is 6.98. The first-order chi connectivity index (χ1) is 5.84. The van der Waals surface area contributed by atoms with Crippen LogP contribution in [0.4, 0.5) is 0 Å². The lowest BCUT2D eigenvalue weighted by atomic mass is 10.2. The quantitative estimate of drug-likeness (QED) is 0.574. The van der Waals surface area contributed by atoms with Crippen molar-refractivity contribution in [1.82, 2.24) is 0 Å². The van der Waals surface area contributed by atoms with Gasteiger partial charge in [-0.05, 0) is 12.5 Å². The maximum Gasteiger partial charge on any atom is 0.0399 e. The third-order valence-corrected chi connectivity index (χ3v) is 1.36. The Hall–Kier alpha value is -1.31. The van der Waals surface area contributed by atoms with Gasteiger partial charge in [-0.1, -0.05) is 32.1 Å². The molecule has 0 amide bonds. The summed E-state index contributed by atoms with van der Waals surface area (Å²) in [5, 5.41) is 6.98. The summed E-state index contributed by atoms with van der Waals surface area (Å²) >= 11 is 0. The first-order valence-electron chi connectivity index (χ1n) is 4.18. The van der Waals surface area contributed by atoms with Gasteiger partial charge in [0.1, 0.15) is 0 Å². The van der Waals surface area contributed by atoms with E-state index in [-0.39, 0.29) is 0 Å². The van der Waals surface area contributed by atoms with Crippen LogP contribution in [0.25, 0.3) is 0 Å². The van der Waals surface area contributed by atoms with Gasteiger partial charge in [0.05, 0.1) is 0 Å². The molecule has 1 aliphatic carbocycles. The molecule has 0 saturated heterocycles. The minimum atomic E-state index is 0.670. The van der Waals surface area contributed by atoms with Crippen molar-refractivity contribution in [3.05, 3.63) is 35.6 Å². The molecule has 2 nitrogen and oxygen atoms in total. The van der Waals surface area contributed by atoms with E-state index in [0.717, 1.165) is 12.0 Å². The van der Waals surface area contributed by atoms with E-state index in [4.69, 9.17) is 11.1 Å². The maximum absolute atomic E-state index is 6.98. The highest BCUT2D eigenvalue weighted by Gasteiger charge is 1.94. The van der Waals surface area contributed by atoms with Crippen LogP contribution in [0.15, 0.2) is 35.6 Å². The largest absolute Gasteiger partial charge is 0.398 e. The van der Waals surface area contributed by atoms with Crippen LogP contribution in [0.2, 0.25) is 0 Å². The first-order valence-corrected chi connectivity index (χ1v) is 4.18. The van der Waals surface area contributed by atoms with Crippen LogP contribution in [0.5, 0.6) is 0 Å². The number of nitrogens with one attached hydrogen (secondary N) is 1. The Morgan fingerprint density at radius 2 is 1.92 bits per heavy atom.